The third-order valence-corrected chi connectivity index (χ3v) is 8.87. The van der Waals surface area contributed by atoms with Gasteiger partial charge in [0.2, 0.25) is 5.91 Å². The number of nitrogens with one attached hydrogen (secondary N) is 1. The average Bonchev–Trinajstić information content (AvgIpc) is 3.60. The molecular formula is C37H47N5O5. The van der Waals surface area contributed by atoms with Gasteiger partial charge >= 0.3 is 0 Å². The zero-order valence-electron chi connectivity index (χ0n) is 28.2. The molecule has 1 aromatic heterocycles. The van der Waals surface area contributed by atoms with Crippen LogP contribution in [0.25, 0.3) is 17.2 Å². The van der Waals surface area contributed by atoms with Crippen molar-refractivity contribution in [3.63, 3.8) is 0 Å². The first kappa shape index (κ1) is 35.4. The van der Waals surface area contributed by atoms with Gasteiger partial charge in [-0.05, 0) is 86.6 Å². The highest BCUT2D eigenvalue weighted by Gasteiger charge is 2.31. The fourth-order valence-corrected chi connectivity index (χ4v) is 6.21. The smallest absolute Gasteiger partial charge is 0.276 e. The number of nitro groups is 1. The van der Waals surface area contributed by atoms with E-state index in [1.54, 1.807) is 30.6 Å². The van der Waals surface area contributed by atoms with E-state index < -0.39 is 4.92 Å². The largest absolute Gasteiger partial charge is 0.493 e. The molecule has 4 rings (SSSR count). The van der Waals surface area contributed by atoms with Crippen LogP contribution in [0.15, 0.2) is 60.4 Å². The minimum absolute atomic E-state index is 0.00647. The number of para-hydroxylation sites is 1. The number of benzene rings is 2. The van der Waals surface area contributed by atoms with E-state index in [0.717, 1.165) is 36.2 Å². The summed E-state index contributed by atoms with van der Waals surface area (Å²) in [6, 6.07) is 14.6. The Morgan fingerprint density at radius 2 is 2.00 bits per heavy atom. The molecule has 2 unspecified atom stereocenters. The van der Waals surface area contributed by atoms with Gasteiger partial charge in [0.1, 0.15) is 11.6 Å². The Hall–Kier alpha value is -4.49. The number of aromatic amines is 1. The number of nitriles is 1. The molecule has 2 aromatic carbocycles. The van der Waals surface area contributed by atoms with Crippen LogP contribution in [0.3, 0.4) is 0 Å². The lowest BCUT2D eigenvalue weighted by Gasteiger charge is -2.33. The summed E-state index contributed by atoms with van der Waals surface area (Å²) < 4.78 is 11.5. The maximum Gasteiger partial charge on any atom is 0.276 e. The van der Waals surface area contributed by atoms with Crippen LogP contribution < -0.4 is 4.74 Å². The number of carbonyl (C=O) groups excluding carboxylic acids is 1. The molecule has 0 bridgehead atoms. The molecule has 1 aliphatic heterocycles. The maximum absolute atomic E-state index is 13.9. The van der Waals surface area contributed by atoms with E-state index in [-0.39, 0.29) is 41.3 Å². The number of hydrogen-bond donors (Lipinski definition) is 1. The Morgan fingerprint density at radius 3 is 2.64 bits per heavy atom. The van der Waals surface area contributed by atoms with Gasteiger partial charge in [0, 0.05) is 55.8 Å². The average molecular weight is 642 g/mol. The van der Waals surface area contributed by atoms with Crippen molar-refractivity contribution >= 4 is 17.7 Å². The van der Waals surface area contributed by atoms with Crippen molar-refractivity contribution < 1.29 is 19.2 Å². The van der Waals surface area contributed by atoms with E-state index >= 15 is 0 Å². The molecule has 47 heavy (non-hydrogen) atoms. The predicted octanol–water partition coefficient (Wildman–Crippen LogP) is 8.14. The second-order valence-electron chi connectivity index (χ2n) is 13.3. The zero-order valence-corrected chi connectivity index (χ0v) is 28.2. The van der Waals surface area contributed by atoms with Crippen LogP contribution in [-0.4, -0.2) is 52.1 Å². The number of ether oxygens (including phenoxy) is 2. The molecule has 1 fully saturated rings. The summed E-state index contributed by atoms with van der Waals surface area (Å²) >= 11 is 0. The lowest BCUT2D eigenvalue weighted by atomic mass is 9.78. The molecule has 1 aliphatic rings. The van der Waals surface area contributed by atoms with Crippen LogP contribution in [0.2, 0.25) is 0 Å². The van der Waals surface area contributed by atoms with Gasteiger partial charge in [0.05, 0.1) is 29.2 Å². The first-order chi connectivity index (χ1) is 22.5. The summed E-state index contributed by atoms with van der Waals surface area (Å²) in [7, 11) is 0. The number of H-pyrrole nitrogens is 1. The number of aromatic nitrogens is 2. The van der Waals surface area contributed by atoms with Crippen LogP contribution in [0, 0.1) is 38.7 Å². The first-order valence-corrected chi connectivity index (χ1v) is 16.5. The predicted molar refractivity (Wildman–Crippen MR) is 182 cm³/mol. The van der Waals surface area contributed by atoms with Crippen molar-refractivity contribution in [1.29, 1.82) is 5.26 Å². The van der Waals surface area contributed by atoms with Crippen molar-refractivity contribution in [1.82, 2.24) is 14.9 Å². The van der Waals surface area contributed by atoms with Crippen molar-refractivity contribution in [2.75, 3.05) is 26.4 Å². The van der Waals surface area contributed by atoms with Crippen molar-refractivity contribution in [3.8, 4) is 22.9 Å². The normalized spacial score (nSPS) is 15.4. The van der Waals surface area contributed by atoms with Gasteiger partial charge in [-0.3, -0.25) is 14.9 Å². The van der Waals surface area contributed by atoms with Gasteiger partial charge in [0.15, 0.2) is 0 Å². The van der Waals surface area contributed by atoms with E-state index in [4.69, 9.17) is 9.47 Å². The fourth-order valence-electron chi connectivity index (χ4n) is 6.21. The number of nitrogens with zero attached hydrogens (tertiary/aromatic N) is 4. The van der Waals surface area contributed by atoms with Gasteiger partial charge in [-0.2, -0.15) is 5.26 Å². The SMILES string of the molecule is CCOc1ccccc1-c1ccc([N+](=O)[O-])c(C=C(C#N)C(CCC(=O)N(CCC(C)(C)C)C(C)c2ncc[nH]2)C2CCOCC2)c1. The summed E-state index contributed by atoms with van der Waals surface area (Å²) in [6.45, 7) is 12.6. The standard InChI is InChI=1S/C37H47N5O5/c1-6-47-34-10-8-7-9-32(34)28-11-13-33(42(44)45)29(23-28)24-30(25-38)31(27-15-21-46-22-16-27)12-14-35(43)41(20-17-37(3,4)5)26(2)36-39-18-19-40-36/h7-11,13,18-19,23-24,26-27,31H,6,12,14-17,20-22H2,1-5H3,(H,39,40). The monoisotopic (exact) mass is 641 g/mol. The number of rotatable bonds is 14. The molecule has 0 spiro atoms. The topological polar surface area (TPSA) is 134 Å². The second-order valence-corrected chi connectivity index (χ2v) is 13.3. The summed E-state index contributed by atoms with van der Waals surface area (Å²) in [5, 5.41) is 22.7. The quantitative estimate of drug-likeness (QED) is 0.107. The molecule has 2 atom stereocenters. The van der Waals surface area contributed by atoms with Crippen molar-refractivity contribution in [3.05, 3.63) is 81.9 Å². The molecule has 1 saturated heterocycles. The van der Waals surface area contributed by atoms with E-state index in [9.17, 15) is 20.2 Å². The molecule has 1 amide bonds. The number of allylic oxidation sites excluding steroid dienone is 1. The minimum Gasteiger partial charge on any atom is -0.493 e. The Balaban J connectivity index is 1.68. The number of amides is 1. The van der Waals surface area contributed by atoms with Crippen molar-refractivity contribution in [2.24, 2.45) is 17.3 Å². The molecular weight excluding hydrogens is 594 g/mol. The Bertz CT molecular complexity index is 1560. The zero-order chi connectivity index (χ0) is 34.0. The van der Waals surface area contributed by atoms with E-state index in [1.807, 2.05) is 43.0 Å². The van der Waals surface area contributed by atoms with Crippen LogP contribution in [0.1, 0.15) is 84.2 Å². The Kier molecular flexibility index (Phi) is 12.3. The molecule has 3 aromatic rings. The summed E-state index contributed by atoms with van der Waals surface area (Å²) in [5.41, 5.74) is 2.29. The highest BCUT2D eigenvalue weighted by Crippen LogP contribution is 2.38. The number of imidazole rings is 1. The Labute approximate surface area is 278 Å². The van der Waals surface area contributed by atoms with Crippen LogP contribution in [-0.2, 0) is 9.53 Å². The maximum atomic E-state index is 13.9. The Morgan fingerprint density at radius 1 is 1.26 bits per heavy atom. The first-order valence-electron chi connectivity index (χ1n) is 16.5. The fraction of sp³-hybridized carbons (Fsp3) is 0.486. The number of hydrogen-bond acceptors (Lipinski definition) is 7. The lowest BCUT2D eigenvalue weighted by Crippen LogP contribution is -2.37. The van der Waals surface area contributed by atoms with E-state index in [0.29, 0.717) is 49.7 Å². The molecule has 10 nitrogen and oxygen atoms in total. The van der Waals surface area contributed by atoms with Gasteiger partial charge in [-0.25, -0.2) is 4.98 Å². The third kappa shape index (κ3) is 9.52. The second kappa shape index (κ2) is 16.4. The van der Waals surface area contributed by atoms with Crippen molar-refractivity contribution in [2.45, 2.75) is 72.8 Å². The van der Waals surface area contributed by atoms with Gasteiger partial charge in [-0.15, -0.1) is 0 Å². The summed E-state index contributed by atoms with van der Waals surface area (Å²) in [5.74, 6) is 1.23. The molecule has 10 heteroatoms. The van der Waals surface area contributed by atoms with Gasteiger partial charge in [0.25, 0.3) is 5.69 Å². The molecule has 0 aliphatic carbocycles. The third-order valence-electron chi connectivity index (χ3n) is 8.87. The molecule has 0 saturated carbocycles. The molecule has 2 heterocycles. The van der Waals surface area contributed by atoms with Gasteiger partial charge in [-0.1, -0.05) is 39.0 Å². The lowest BCUT2D eigenvalue weighted by molar-refractivity contribution is -0.385. The van der Waals surface area contributed by atoms with Crippen LogP contribution >= 0.6 is 0 Å². The molecule has 0 radical (unpaired) electrons. The highest BCUT2D eigenvalue weighted by molar-refractivity contribution is 5.78. The summed E-state index contributed by atoms with van der Waals surface area (Å²) in [4.78, 5) is 35.1. The summed E-state index contributed by atoms with van der Waals surface area (Å²) in [6.07, 6.45) is 8.10. The van der Waals surface area contributed by atoms with Gasteiger partial charge < -0.3 is 19.4 Å². The molecule has 1 N–H and O–H groups in total. The number of carbonyl (C=O) groups is 1. The number of nitro benzene ring substituents is 1. The van der Waals surface area contributed by atoms with E-state index in [2.05, 4.69) is 36.8 Å². The molecule has 250 valence electrons. The van der Waals surface area contributed by atoms with Crippen LogP contribution in [0.5, 0.6) is 5.75 Å². The van der Waals surface area contributed by atoms with Crippen LogP contribution in [0.4, 0.5) is 5.69 Å². The van der Waals surface area contributed by atoms with E-state index in [1.165, 1.54) is 6.07 Å². The minimum atomic E-state index is -0.421. The highest BCUT2D eigenvalue weighted by atomic mass is 16.6.